The standard InChI is InChI=1S/C25H31ClF2O5/c1-5-21(32)33-25(20(31)12-26)13(2)8-15-16-10-18(27)17-9-14(29)6-7-22(17,3)24(16,28)19(30)11-23(15,25)4/h6-7,9,13,15-16,18-19,30H,5,8,10-12H2,1-4H3/t13-,15-,16-,18-,19-,22+,23-,24-,25-/m0/s1. The molecule has 5 nitrogen and oxygen atoms in total. The van der Waals surface area contributed by atoms with Gasteiger partial charge in [-0.15, -0.1) is 11.6 Å². The smallest absolute Gasteiger partial charge is 0.306 e. The molecule has 33 heavy (non-hydrogen) atoms. The van der Waals surface area contributed by atoms with Gasteiger partial charge >= 0.3 is 5.97 Å². The summed E-state index contributed by atoms with van der Waals surface area (Å²) in [5.74, 6) is -3.84. The number of aliphatic hydroxyl groups excluding tert-OH is 1. The van der Waals surface area contributed by atoms with Crippen molar-refractivity contribution in [3.8, 4) is 0 Å². The number of Topliss-reactive ketones (excluding diaryl/α,β-unsaturated/α-hetero) is 1. The molecule has 182 valence electrons. The SMILES string of the molecule is CCC(=O)O[C@]1(C(=O)CCl)[C@@H](C)C[C@H]2[C@@H]3C[C@H](F)C4=CC(=O)C=C[C@@]4(C)[C@@]3(F)[C@@H](O)C[C@@]21C. The van der Waals surface area contributed by atoms with Gasteiger partial charge in [-0.2, -0.15) is 0 Å². The van der Waals surface area contributed by atoms with Gasteiger partial charge in [0.05, 0.1) is 12.0 Å². The molecule has 4 aliphatic rings. The van der Waals surface area contributed by atoms with E-state index in [1.807, 2.05) is 0 Å². The molecule has 3 fully saturated rings. The number of ketones is 2. The highest BCUT2D eigenvalue weighted by Crippen LogP contribution is 2.71. The molecule has 1 N–H and O–H groups in total. The molecule has 0 spiro atoms. The second kappa shape index (κ2) is 7.70. The minimum atomic E-state index is -2.25. The number of allylic oxidation sites excluding steroid dienone is 4. The molecule has 4 rings (SSSR count). The van der Waals surface area contributed by atoms with Crippen LogP contribution in [0.1, 0.15) is 53.4 Å². The third kappa shape index (κ3) is 2.87. The minimum Gasteiger partial charge on any atom is -0.450 e. The summed E-state index contributed by atoms with van der Waals surface area (Å²) >= 11 is 5.97. The lowest BCUT2D eigenvalue weighted by atomic mass is 9.44. The molecule has 0 aromatic rings. The normalized spacial score (nSPS) is 48.4. The Morgan fingerprint density at radius 3 is 2.55 bits per heavy atom. The number of halogens is 3. The third-order valence-electron chi connectivity index (χ3n) is 9.27. The molecular weight excluding hydrogens is 454 g/mol. The van der Waals surface area contributed by atoms with Crippen LogP contribution in [0, 0.1) is 28.6 Å². The fraction of sp³-hybridized carbons (Fsp3) is 0.720. The average molecular weight is 485 g/mol. The van der Waals surface area contributed by atoms with Crippen molar-refractivity contribution < 1.29 is 33.0 Å². The van der Waals surface area contributed by atoms with Crippen LogP contribution >= 0.6 is 11.6 Å². The maximum absolute atomic E-state index is 17.2. The van der Waals surface area contributed by atoms with Gasteiger partial charge in [0.25, 0.3) is 0 Å². The van der Waals surface area contributed by atoms with Crippen LogP contribution in [0.25, 0.3) is 0 Å². The van der Waals surface area contributed by atoms with Crippen molar-refractivity contribution in [3.63, 3.8) is 0 Å². The van der Waals surface area contributed by atoms with Gasteiger partial charge in [-0.1, -0.05) is 26.8 Å². The first-order valence-corrected chi connectivity index (χ1v) is 12.1. The molecule has 0 amide bonds. The van der Waals surface area contributed by atoms with Crippen molar-refractivity contribution in [2.24, 2.45) is 28.6 Å². The summed E-state index contributed by atoms with van der Waals surface area (Å²) in [5, 5.41) is 11.4. The van der Waals surface area contributed by atoms with Gasteiger partial charge in [-0.05, 0) is 49.8 Å². The third-order valence-corrected chi connectivity index (χ3v) is 9.51. The van der Waals surface area contributed by atoms with E-state index in [9.17, 15) is 19.5 Å². The van der Waals surface area contributed by atoms with E-state index in [4.69, 9.17) is 16.3 Å². The van der Waals surface area contributed by atoms with Gasteiger partial charge in [0, 0.05) is 29.1 Å². The number of carbonyl (C=O) groups excluding carboxylic acids is 3. The Balaban J connectivity index is 1.88. The van der Waals surface area contributed by atoms with E-state index in [2.05, 4.69) is 0 Å². The molecule has 0 unspecified atom stereocenters. The molecule has 0 saturated heterocycles. The Kier molecular flexibility index (Phi) is 5.73. The van der Waals surface area contributed by atoms with E-state index < -0.39 is 75.5 Å². The number of carbonyl (C=O) groups is 3. The van der Waals surface area contributed by atoms with Gasteiger partial charge in [0.15, 0.2) is 22.8 Å². The molecule has 0 radical (unpaired) electrons. The monoisotopic (exact) mass is 484 g/mol. The van der Waals surface area contributed by atoms with Crippen LogP contribution < -0.4 is 0 Å². The molecular formula is C25H31ClF2O5. The van der Waals surface area contributed by atoms with Crippen molar-refractivity contribution in [2.75, 3.05) is 5.88 Å². The average Bonchev–Trinajstić information content (AvgIpc) is 2.98. The lowest BCUT2D eigenvalue weighted by Gasteiger charge is -2.63. The Morgan fingerprint density at radius 1 is 1.27 bits per heavy atom. The number of fused-ring (bicyclic) bond motifs is 5. The summed E-state index contributed by atoms with van der Waals surface area (Å²) in [4.78, 5) is 37.7. The van der Waals surface area contributed by atoms with Gasteiger partial charge < -0.3 is 9.84 Å². The van der Waals surface area contributed by atoms with Gasteiger partial charge in [0.1, 0.15) is 6.17 Å². The molecule has 0 aliphatic heterocycles. The van der Waals surface area contributed by atoms with Crippen molar-refractivity contribution >= 4 is 29.1 Å². The highest BCUT2D eigenvalue weighted by molar-refractivity contribution is 6.29. The maximum Gasteiger partial charge on any atom is 0.306 e. The van der Waals surface area contributed by atoms with E-state index in [0.29, 0.717) is 6.42 Å². The lowest BCUT2D eigenvalue weighted by molar-refractivity contribution is -0.230. The second-order valence-electron chi connectivity index (χ2n) is 10.6. The van der Waals surface area contributed by atoms with Crippen molar-refractivity contribution in [2.45, 2.75) is 76.9 Å². The lowest BCUT2D eigenvalue weighted by Crippen LogP contribution is -2.71. The van der Waals surface area contributed by atoms with Crippen LogP contribution in [0.4, 0.5) is 8.78 Å². The zero-order chi connectivity index (χ0) is 24.6. The van der Waals surface area contributed by atoms with Gasteiger partial charge in [0.2, 0.25) is 0 Å². The van der Waals surface area contributed by atoms with Crippen LogP contribution in [0.5, 0.6) is 0 Å². The number of aliphatic hydroxyl groups is 1. The zero-order valence-corrected chi connectivity index (χ0v) is 20.1. The van der Waals surface area contributed by atoms with Crippen LogP contribution in [-0.2, 0) is 19.1 Å². The molecule has 0 aromatic heterocycles. The molecule has 0 aromatic carbocycles. The molecule has 9 atom stereocenters. The summed E-state index contributed by atoms with van der Waals surface area (Å²) in [7, 11) is 0. The Hall–Kier alpha value is -1.60. The number of ether oxygens (including phenoxy) is 1. The van der Waals surface area contributed by atoms with Crippen molar-refractivity contribution in [3.05, 3.63) is 23.8 Å². The van der Waals surface area contributed by atoms with E-state index in [1.54, 1.807) is 20.8 Å². The topological polar surface area (TPSA) is 80.7 Å². The predicted octanol–water partition coefficient (Wildman–Crippen LogP) is 4.05. The number of hydrogen-bond donors (Lipinski definition) is 1. The molecule has 0 bridgehead atoms. The fourth-order valence-electron chi connectivity index (χ4n) is 7.74. The van der Waals surface area contributed by atoms with Gasteiger partial charge in [-0.3, -0.25) is 14.4 Å². The minimum absolute atomic E-state index is 0.0431. The van der Waals surface area contributed by atoms with Crippen LogP contribution in [0.15, 0.2) is 23.8 Å². The molecule has 3 saturated carbocycles. The Bertz CT molecular complexity index is 964. The van der Waals surface area contributed by atoms with Crippen LogP contribution in [-0.4, -0.2) is 52.1 Å². The molecule has 4 aliphatic carbocycles. The predicted molar refractivity (Wildman–Crippen MR) is 118 cm³/mol. The number of esters is 1. The summed E-state index contributed by atoms with van der Waals surface area (Å²) in [5.41, 5.74) is -6.47. The van der Waals surface area contributed by atoms with Crippen molar-refractivity contribution in [1.29, 1.82) is 0 Å². The van der Waals surface area contributed by atoms with Crippen LogP contribution in [0.2, 0.25) is 0 Å². The van der Waals surface area contributed by atoms with Crippen LogP contribution in [0.3, 0.4) is 0 Å². The van der Waals surface area contributed by atoms with E-state index in [1.165, 1.54) is 19.1 Å². The second-order valence-corrected chi connectivity index (χ2v) is 10.9. The Labute approximate surface area is 197 Å². The quantitative estimate of drug-likeness (QED) is 0.481. The number of hydrogen-bond acceptors (Lipinski definition) is 5. The summed E-state index contributed by atoms with van der Waals surface area (Å²) in [6.07, 6.45) is 0.584. The largest absolute Gasteiger partial charge is 0.450 e. The first kappa shape index (κ1) is 24.5. The summed E-state index contributed by atoms with van der Waals surface area (Å²) < 4.78 is 38.5. The summed E-state index contributed by atoms with van der Waals surface area (Å²) in [6.45, 7) is 6.64. The van der Waals surface area contributed by atoms with E-state index in [0.717, 1.165) is 6.08 Å². The zero-order valence-electron chi connectivity index (χ0n) is 19.4. The number of alkyl halides is 3. The summed E-state index contributed by atoms with van der Waals surface area (Å²) in [6, 6.07) is 0. The van der Waals surface area contributed by atoms with Crippen molar-refractivity contribution in [1.82, 2.24) is 0 Å². The highest BCUT2D eigenvalue weighted by atomic mass is 35.5. The first-order chi connectivity index (χ1) is 15.3. The van der Waals surface area contributed by atoms with Gasteiger partial charge in [-0.25, -0.2) is 8.78 Å². The van der Waals surface area contributed by atoms with E-state index in [-0.39, 0.29) is 24.8 Å². The Morgan fingerprint density at radius 2 is 1.94 bits per heavy atom. The maximum atomic E-state index is 17.2. The molecule has 0 heterocycles. The molecule has 8 heteroatoms. The number of rotatable bonds is 4. The first-order valence-electron chi connectivity index (χ1n) is 11.6. The highest BCUT2D eigenvalue weighted by Gasteiger charge is 2.77. The fourth-order valence-corrected chi connectivity index (χ4v) is 7.94. The van der Waals surface area contributed by atoms with E-state index >= 15 is 8.78 Å².